The first-order chi connectivity index (χ1) is 10.6. The maximum absolute atomic E-state index is 9.83. The number of aryl methyl sites for hydroxylation is 1. The average molecular weight is 297 g/mol. The summed E-state index contributed by atoms with van der Waals surface area (Å²) in [4.78, 5) is 0. The van der Waals surface area contributed by atoms with Crippen LogP contribution in [0.5, 0.6) is 11.5 Å². The summed E-state index contributed by atoms with van der Waals surface area (Å²) in [5, 5.41) is 13.3. The average Bonchev–Trinajstić information content (AvgIpc) is 2.93. The van der Waals surface area contributed by atoms with Gasteiger partial charge in [-0.2, -0.15) is 0 Å². The van der Waals surface area contributed by atoms with Gasteiger partial charge in [0.05, 0.1) is 12.1 Å². The minimum Gasteiger partial charge on any atom is -0.457 e. The summed E-state index contributed by atoms with van der Waals surface area (Å²) in [6.45, 7) is 5.31. The molecule has 2 aromatic rings. The molecule has 2 atom stereocenters. The van der Waals surface area contributed by atoms with Crippen molar-refractivity contribution < 1.29 is 9.84 Å². The lowest BCUT2D eigenvalue weighted by atomic mass is 9.87. The van der Waals surface area contributed by atoms with E-state index in [-0.39, 0.29) is 12.1 Å². The van der Waals surface area contributed by atoms with Crippen molar-refractivity contribution in [3.05, 3.63) is 59.7 Å². The molecule has 22 heavy (non-hydrogen) atoms. The number of aliphatic hydroxyl groups is 1. The zero-order valence-corrected chi connectivity index (χ0v) is 13.2. The largest absolute Gasteiger partial charge is 0.457 e. The van der Waals surface area contributed by atoms with Gasteiger partial charge in [0.2, 0.25) is 0 Å². The Morgan fingerprint density at radius 1 is 1.18 bits per heavy atom. The molecule has 2 aromatic carbocycles. The van der Waals surface area contributed by atoms with Crippen LogP contribution in [0.1, 0.15) is 24.5 Å². The Kier molecular flexibility index (Phi) is 4.19. The number of ether oxygens (including phenoxy) is 1. The van der Waals surface area contributed by atoms with Gasteiger partial charge in [-0.1, -0.05) is 37.3 Å². The number of hydrogen-bond donors (Lipinski definition) is 2. The summed E-state index contributed by atoms with van der Waals surface area (Å²) in [5.74, 6) is 2.27. The maximum Gasteiger partial charge on any atom is 0.130 e. The van der Waals surface area contributed by atoms with Gasteiger partial charge in [-0.15, -0.1) is 0 Å². The van der Waals surface area contributed by atoms with E-state index >= 15 is 0 Å². The molecular formula is C19H23NO2. The highest BCUT2D eigenvalue weighted by molar-refractivity contribution is 5.39. The molecule has 1 aliphatic heterocycles. The van der Waals surface area contributed by atoms with Crippen molar-refractivity contribution in [2.24, 2.45) is 5.92 Å². The number of hydrogen-bond acceptors (Lipinski definition) is 3. The third kappa shape index (κ3) is 2.87. The summed E-state index contributed by atoms with van der Waals surface area (Å²) < 4.78 is 5.93. The van der Waals surface area contributed by atoms with E-state index in [2.05, 4.69) is 24.4 Å². The third-order valence-electron chi connectivity index (χ3n) is 4.48. The van der Waals surface area contributed by atoms with E-state index in [1.54, 1.807) is 0 Å². The lowest BCUT2D eigenvalue weighted by Gasteiger charge is -2.28. The molecule has 0 aliphatic carbocycles. The Labute approximate surface area is 131 Å². The van der Waals surface area contributed by atoms with Gasteiger partial charge in [0.15, 0.2) is 0 Å². The molecule has 0 unspecified atom stereocenters. The first kappa shape index (κ1) is 15.1. The summed E-state index contributed by atoms with van der Waals surface area (Å²) in [7, 11) is 0. The molecule has 1 aliphatic rings. The van der Waals surface area contributed by atoms with Crippen LogP contribution in [0.3, 0.4) is 0 Å². The van der Waals surface area contributed by atoms with E-state index in [4.69, 9.17) is 4.74 Å². The maximum atomic E-state index is 9.83. The number of nitrogens with one attached hydrogen (secondary N) is 1. The van der Waals surface area contributed by atoms with Crippen molar-refractivity contribution in [2.75, 3.05) is 13.2 Å². The summed E-state index contributed by atoms with van der Waals surface area (Å²) in [5.41, 5.74) is 1.93. The molecule has 0 saturated carbocycles. The van der Waals surface area contributed by atoms with Gasteiger partial charge < -0.3 is 15.2 Å². The van der Waals surface area contributed by atoms with Crippen LogP contribution >= 0.6 is 0 Å². The molecule has 1 fully saturated rings. The van der Waals surface area contributed by atoms with Crippen LogP contribution in [0, 0.1) is 12.8 Å². The normalized spacial score (nSPS) is 24.4. The number of rotatable bonds is 4. The fourth-order valence-electron chi connectivity index (χ4n) is 3.18. The van der Waals surface area contributed by atoms with Crippen molar-refractivity contribution in [1.82, 2.24) is 5.32 Å². The van der Waals surface area contributed by atoms with E-state index in [1.807, 2.05) is 43.3 Å². The van der Waals surface area contributed by atoms with Gasteiger partial charge in [-0.25, -0.2) is 0 Å². The summed E-state index contributed by atoms with van der Waals surface area (Å²) in [6.07, 6.45) is 0.960. The number of aliphatic hydroxyl groups excluding tert-OH is 1. The van der Waals surface area contributed by atoms with Crippen molar-refractivity contribution >= 4 is 0 Å². The predicted molar refractivity (Wildman–Crippen MR) is 88.2 cm³/mol. The van der Waals surface area contributed by atoms with Crippen LogP contribution in [0.2, 0.25) is 0 Å². The van der Waals surface area contributed by atoms with Gasteiger partial charge in [0, 0.05) is 0 Å². The van der Waals surface area contributed by atoms with Crippen molar-refractivity contribution in [3.8, 4) is 11.5 Å². The fraction of sp³-hybridized carbons (Fsp3) is 0.368. The quantitative estimate of drug-likeness (QED) is 0.906. The van der Waals surface area contributed by atoms with Crippen LogP contribution in [-0.2, 0) is 5.54 Å². The number of para-hydroxylation sites is 1. The van der Waals surface area contributed by atoms with Crippen molar-refractivity contribution in [3.63, 3.8) is 0 Å². The zero-order valence-electron chi connectivity index (χ0n) is 13.2. The molecule has 3 rings (SSSR count). The van der Waals surface area contributed by atoms with Crippen LogP contribution in [0.4, 0.5) is 0 Å². The Morgan fingerprint density at radius 2 is 1.91 bits per heavy atom. The molecule has 3 heteroatoms. The van der Waals surface area contributed by atoms with E-state index in [9.17, 15) is 5.11 Å². The topological polar surface area (TPSA) is 41.5 Å². The highest BCUT2D eigenvalue weighted by atomic mass is 16.5. The molecule has 0 radical (unpaired) electrons. The van der Waals surface area contributed by atoms with Crippen LogP contribution in [0.15, 0.2) is 48.5 Å². The molecule has 1 heterocycles. The third-order valence-corrected chi connectivity index (χ3v) is 4.48. The Hall–Kier alpha value is -1.84. The Balaban J connectivity index is 1.80. The molecule has 0 bridgehead atoms. The summed E-state index contributed by atoms with van der Waals surface area (Å²) in [6, 6.07) is 16.0. The second kappa shape index (κ2) is 6.11. The van der Waals surface area contributed by atoms with Gasteiger partial charge >= 0.3 is 0 Å². The SMILES string of the molecule is Cc1ccccc1Oc1ccc([C@]2(CO)C[C@H](C)CN2)cc1. The van der Waals surface area contributed by atoms with Crippen molar-refractivity contribution in [1.29, 1.82) is 0 Å². The molecule has 1 saturated heterocycles. The fourth-order valence-corrected chi connectivity index (χ4v) is 3.18. The molecule has 116 valence electrons. The number of benzene rings is 2. The molecule has 3 nitrogen and oxygen atoms in total. The molecule has 2 N–H and O–H groups in total. The monoisotopic (exact) mass is 297 g/mol. The first-order valence-corrected chi connectivity index (χ1v) is 7.83. The smallest absolute Gasteiger partial charge is 0.130 e. The van der Waals surface area contributed by atoms with Gasteiger partial charge in [-0.3, -0.25) is 0 Å². The van der Waals surface area contributed by atoms with Gasteiger partial charge in [-0.05, 0) is 55.1 Å². The Bertz CT molecular complexity index is 638. The zero-order chi connectivity index (χ0) is 15.6. The highest BCUT2D eigenvalue weighted by Gasteiger charge is 2.37. The molecule has 0 spiro atoms. The lowest BCUT2D eigenvalue weighted by Crippen LogP contribution is -2.40. The van der Waals surface area contributed by atoms with Crippen LogP contribution in [0.25, 0.3) is 0 Å². The molecular weight excluding hydrogens is 274 g/mol. The minimum atomic E-state index is -0.305. The van der Waals surface area contributed by atoms with Crippen LogP contribution in [-0.4, -0.2) is 18.3 Å². The van der Waals surface area contributed by atoms with Crippen molar-refractivity contribution in [2.45, 2.75) is 25.8 Å². The second-order valence-corrected chi connectivity index (χ2v) is 6.32. The van der Waals surface area contributed by atoms with Crippen LogP contribution < -0.4 is 10.1 Å². The Morgan fingerprint density at radius 3 is 2.50 bits per heavy atom. The van der Waals surface area contributed by atoms with E-state index < -0.39 is 0 Å². The highest BCUT2D eigenvalue weighted by Crippen LogP contribution is 2.35. The minimum absolute atomic E-state index is 0.120. The van der Waals surface area contributed by atoms with Gasteiger partial charge in [0.1, 0.15) is 11.5 Å². The second-order valence-electron chi connectivity index (χ2n) is 6.32. The molecule has 0 aromatic heterocycles. The van der Waals surface area contributed by atoms with E-state index in [0.29, 0.717) is 5.92 Å². The summed E-state index contributed by atoms with van der Waals surface area (Å²) >= 11 is 0. The standard InChI is InChI=1S/C19H23NO2/c1-14-11-19(13-21,20-12-14)16-7-9-17(10-8-16)22-18-6-4-3-5-15(18)2/h3-10,14,20-21H,11-13H2,1-2H3/t14-,19+/m0/s1. The van der Waals surface area contributed by atoms with E-state index in [0.717, 1.165) is 35.6 Å². The molecule has 0 amide bonds. The predicted octanol–water partition coefficient (Wildman–Crippen LogP) is 3.60. The lowest BCUT2D eigenvalue weighted by molar-refractivity contribution is 0.176. The van der Waals surface area contributed by atoms with E-state index in [1.165, 1.54) is 0 Å². The first-order valence-electron chi connectivity index (χ1n) is 7.83. The van der Waals surface area contributed by atoms with Gasteiger partial charge in [0.25, 0.3) is 0 Å².